The fourth-order valence-corrected chi connectivity index (χ4v) is 5.38. The summed E-state index contributed by atoms with van der Waals surface area (Å²) < 4.78 is 10.9. The number of benzene rings is 3. The monoisotopic (exact) mass is 498 g/mol. The summed E-state index contributed by atoms with van der Waals surface area (Å²) >= 11 is 0. The van der Waals surface area contributed by atoms with Gasteiger partial charge in [0.25, 0.3) is 5.91 Å². The van der Waals surface area contributed by atoms with Gasteiger partial charge in [-0.05, 0) is 28.8 Å². The van der Waals surface area contributed by atoms with Gasteiger partial charge < -0.3 is 14.8 Å². The number of hydrogen-bond donors (Lipinski definition) is 1. The quantitative estimate of drug-likeness (QED) is 0.505. The van der Waals surface area contributed by atoms with Crippen molar-refractivity contribution in [3.63, 3.8) is 0 Å². The van der Waals surface area contributed by atoms with Gasteiger partial charge in [-0.1, -0.05) is 66.7 Å². The van der Waals surface area contributed by atoms with Crippen molar-refractivity contribution < 1.29 is 19.1 Å². The molecule has 0 unspecified atom stereocenters. The van der Waals surface area contributed by atoms with Crippen LogP contribution in [0, 0.1) is 0 Å². The van der Waals surface area contributed by atoms with E-state index in [2.05, 4.69) is 21.2 Å². The van der Waals surface area contributed by atoms with Crippen LogP contribution in [0.1, 0.15) is 16.7 Å². The van der Waals surface area contributed by atoms with Gasteiger partial charge >= 0.3 is 6.03 Å². The summed E-state index contributed by atoms with van der Waals surface area (Å²) in [5, 5.41) is 3.06. The van der Waals surface area contributed by atoms with E-state index < -0.39 is 5.54 Å². The average Bonchev–Trinajstić information content (AvgIpc) is 3.49. The molecule has 0 aromatic heterocycles. The lowest BCUT2D eigenvalue weighted by molar-refractivity contribution is -0.133. The number of hydrogen-bond acceptors (Lipinski definition) is 6. The summed E-state index contributed by atoms with van der Waals surface area (Å²) in [5.74, 6) is 1.39. The van der Waals surface area contributed by atoms with Gasteiger partial charge in [-0.25, -0.2) is 9.69 Å². The van der Waals surface area contributed by atoms with Crippen molar-refractivity contribution in [3.05, 3.63) is 95.6 Å². The lowest BCUT2D eigenvalue weighted by Crippen LogP contribution is -2.51. The number of ether oxygens (including phenoxy) is 2. The highest BCUT2D eigenvalue weighted by Gasteiger charge is 2.52. The largest absolute Gasteiger partial charge is 0.454 e. The highest BCUT2D eigenvalue weighted by Crippen LogP contribution is 2.34. The van der Waals surface area contributed by atoms with Gasteiger partial charge in [0.05, 0.1) is 6.67 Å². The average molecular weight is 499 g/mol. The number of fused-ring (bicyclic) bond motifs is 1. The van der Waals surface area contributed by atoms with Gasteiger partial charge in [-0.15, -0.1) is 0 Å². The second-order valence-electron chi connectivity index (χ2n) is 9.82. The van der Waals surface area contributed by atoms with E-state index >= 15 is 0 Å². The summed E-state index contributed by atoms with van der Waals surface area (Å²) in [5.41, 5.74) is 1.87. The Morgan fingerprint density at radius 2 is 1.43 bits per heavy atom. The Kier molecular flexibility index (Phi) is 6.28. The molecule has 0 aliphatic carbocycles. The topological polar surface area (TPSA) is 74.4 Å². The predicted octanol–water partition coefficient (Wildman–Crippen LogP) is 3.18. The van der Waals surface area contributed by atoms with Crippen LogP contribution in [0.4, 0.5) is 4.79 Å². The van der Waals surface area contributed by atoms with E-state index in [1.807, 2.05) is 72.8 Å². The van der Waals surface area contributed by atoms with Crippen LogP contribution in [0.3, 0.4) is 0 Å². The number of piperazine rings is 1. The number of imide groups is 1. The molecule has 0 radical (unpaired) electrons. The fraction of sp³-hybridized carbons (Fsp3) is 0.310. The van der Waals surface area contributed by atoms with Crippen molar-refractivity contribution in [2.45, 2.75) is 18.5 Å². The molecule has 1 atom stereocenters. The first kappa shape index (κ1) is 23.5. The summed E-state index contributed by atoms with van der Waals surface area (Å²) in [6.07, 6.45) is 0.405. The number of nitrogens with zero attached hydrogens (tertiary/aromatic N) is 3. The van der Waals surface area contributed by atoms with E-state index in [-0.39, 0.29) is 25.4 Å². The highest BCUT2D eigenvalue weighted by atomic mass is 16.7. The van der Waals surface area contributed by atoms with E-state index in [0.29, 0.717) is 6.42 Å². The first-order valence-corrected chi connectivity index (χ1v) is 12.7. The molecule has 3 aromatic rings. The molecule has 37 heavy (non-hydrogen) atoms. The lowest BCUT2D eigenvalue weighted by atomic mass is 9.83. The van der Waals surface area contributed by atoms with E-state index in [9.17, 15) is 9.59 Å². The summed E-state index contributed by atoms with van der Waals surface area (Å²) in [4.78, 5) is 33.0. The number of carbonyl (C=O) groups is 2. The molecule has 3 aromatic carbocycles. The zero-order valence-corrected chi connectivity index (χ0v) is 20.6. The second kappa shape index (κ2) is 9.88. The molecule has 3 heterocycles. The minimum Gasteiger partial charge on any atom is -0.454 e. The first-order chi connectivity index (χ1) is 18.1. The molecule has 2 saturated heterocycles. The van der Waals surface area contributed by atoms with Gasteiger partial charge in [-0.2, -0.15) is 0 Å². The van der Waals surface area contributed by atoms with Crippen LogP contribution in [0.2, 0.25) is 0 Å². The van der Waals surface area contributed by atoms with Crippen molar-refractivity contribution in [2.24, 2.45) is 0 Å². The Morgan fingerprint density at radius 1 is 0.757 bits per heavy atom. The van der Waals surface area contributed by atoms with Crippen molar-refractivity contribution in [2.75, 3.05) is 39.6 Å². The van der Waals surface area contributed by atoms with Crippen LogP contribution in [0.25, 0.3) is 0 Å². The van der Waals surface area contributed by atoms with E-state index in [4.69, 9.17) is 9.47 Å². The third-order valence-corrected chi connectivity index (χ3v) is 7.40. The number of urea groups is 1. The van der Waals surface area contributed by atoms with Crippen LogP contribution in [0.5, 0.6) is 11.5 Å². The van der Waals surface area contributed by atoms with E-state index in [0.717, 1.165) is 55.3 Å². The molecular weight excluding hydrogens is 468 g/mol. The van der Waals surface area contributed by atoms with Crippen molar-refractivity contribution in [1.29, 1.82) is 0 Å². The van der Waals surface area contributed by atoms with Crippen molar-refractivity contribution in [3.8, 4) is 11.5 Å². The molecule has 8 heteroatoms. The van der Waals surface area contributed by atoms with Crippen LogP contribution in [-0.2, 0) is 23.3 Å². The smallest absolute Gasteiger partial charge is 0.326 e. The SMILES string of the molecule is O=C1N[C@](Cc2ccccc2)(c2ccccc2)C(=O)N1CN1CCN(Cc2ccc3c(c2)OCO3)CC1. The fourth-order valence-electron chi connectivity index (χ4n) is 5.38. The van der Waals surface area contributed by atoms with E-state index in [1.165, 1.54) is 10.5 Å². The number of nitrogens with one attached hydrogen (secondary N) is 1. The summed E-state index contributed by atoms with van der Waals surface area (Å²) in [6, 6.07) is 25.1. The summed E-state index contributed by atoms with van der Waals surface area (Å²) in [6.45, 7) is 4.64. The minimum atomic E-state index is -1.11. The Hall–Kier alpha value is -3.88. The van der Waals surface area contributed by atoms with Crippen LogP contribution in [0.15, 0.2) is 78.9 Å². The molecule has 8 nitrogen and oxygen atoms in total. The van der Waals surface area contributed by atoms with E-state index in [1.54, 1.807) is 0 Å². The maximum atomic E-state index is 13.9. The predicted molar refractivity (Wildman–Crippen MR) is 138 cm³/mol. The number of carbonyl (C=O) groups excluding carboxylic acids is 2. The summed E-state index contributed by atoms with van der Waals surface area (Å²) in [7, 11) is 0. The van der Waals surface area contributed by atoms with Crippen LogP contribution < -0.4 is 14.8 Å². The van der Waals surface area contributed by atoms with Crippen LogP contribution in [-0.4, -0.2) is 66.3 Å². The van der Waals surface area contributed by atoms with Gasteiger partial charge in [0.15, 0.2) is 17.0 Å². The normalized spacial score (nSPS) is 21.9. The first-order valence-electron chi connectivity index (χ1n) is 12.7. The highest BCUT2D eigenvalue weighted by molar-refractivity contribution is 6.07. The molecule has 0 bridgehead atoms. The van der Waals surface area contributed by atoms with Gasteiger partial charge in [0.1, 0.15) is 0 Å². The standard InChI is InChI=1S/C29H30N4O4/c34-27-29(24-9-5-2-6-10-24,18-22-7-3-1-4-8-22)30-28(35)33(27)20-32-15-13-31(14-16-32)19-23-11-12-25-26(17-23)37-21-36-25/h1-12,17H,13-16,18-21H2,(H,30,35)/t29-/m1/s1. The van der Waals surface area contributed by atoms with Crippen LogP contribution >= 0.6 is 0 Å². The molecular formula is C29H30N4O4. The Morgan fingerprint density at radius 3 is 2.19 bits per heavy atom. The molecule has 3 amide bonds. The molecule has 0 saturated carbocycles. The van der Waals surface area contributed by atoms with Crippen molar-refractivity contribution >= 4 is 11.9 Å². The maximum absolute atomic E-state index is 13.9. The Bertz CT molecular complexity index is 1280. The maximum Gasteiger partial charge on any atom is 0.326 e. The molecule has 3 aliphatic rings. The molecule has 0 spiro atoms. The molecule has 3 aliphatic heterocycles. The molecule has 190 valence electrons. The zero-order valence-electron chi connectivity index (χ0n) is 20.6. The van der Waals surface area contributed by atoms with Gasteiger partial charge in [-0.3, -0.25) is 14.6 Å². The molecule has 6 rings (SSSR count). The van der Waals surface area contributed by atoms with Gasteiger partial charge in [0, 0.05) is 39.1 Å². The number of rotatable bonds is 7. The third kappa shape index (κ3) is 4.65. The zero-order chi connectivity index (χ0) is 25.2. The third-order valence-electron chi connectivity index (χ3n) is 7.40. The molecule has 2 fully saturated rings. The van der Waals surface area contributed by atoms with Gasteiger partial charge in [0.2, 0.25) is 6.79 Å². The van der Waals surface area contributed by atoms with Crippen molar-refractivity contribution in [1.82, 2.24) is 20.0 Å². The Balaban J connectivity index is 1.12. The molecule has 1 N–H and O–H groups in total. The second-order valence-corrected chi connectivity index (χ2v) is 9.82. The Labute approximate surface area is 216 Å². The minimum absolute atomic E-state index is 0.199. The lowest BCUT2D eigenvalue weighted by Gasteiger charge is -2.36. The number of amides is 3.